The van der Waals surface area contributed by atoms with Crippen molar-refractivity contribution in [3.05, 3.63) is 35.4 Å². The lowest BCUT2D eigenvalue weighted by Crippen LogP contribution is -2.37. The van der Waals surface area contributed by atoms with E-state index in [1.807, 2.05) is 38.1 Å². The van der Waals surface area contributed by atoms with Gasteiger partial charge in [-0.15, -0.1) is 0 Å². The fourth-order valence-electron chi connectivity index (χ4n) is 1.55. The van der Waals surface area contributed by atoms with Gasteiger partial charge in [0.25, 0.3) is 0 Å². The summed E-state index contributed by atoms with van der Waals surface area (Å²) in [6.45, 7) is 4.64. The molecule has 0 aromatic heterocycles. The number of hydrogen-bond acceptors (Lipinski definition) is 2. The topological polar surface area (TPSA) is 58.2 Å². The van der Waals surface area contributed by atoms with Crippen molar-refractivity contribution < 1.29 is 9.59 Å². The van der Waals surface area contributed by atoms with Crippen molar-refractivity contribution >= 4 is 11.8 Å². The molecule has 0 heterocycles. The highest BCUT2D eigenvalue weighted by atomic mass is 16.2. The molecule has 2 amide bonds. The standard InChI is InChI=1S/C14H20N2O2/c1-3-8-15-14(18)10-16-13(17)9-12-7-5-4-6-11(12)2/h4-7H,3,8-10H2,1-2H3,(H,15,18)(H,16,17). The maximum atomic E-state index is 11.7. The summed E-state index contributed by atoms with van der Waals surface area (Å²) in [7, 11) is 0. The normalized spacial score (nSPS) is 9.89. The number of amides is 2. The minimum Gasteiger partial charge on any atom is -0.355 e. The summed E-state index contributed by atoms with van der Waals surface area (Å²) < 4.78 is 0. The molecule has 0 spiro atoms. The molecule has 0 aliphatic carbocycles. The van der Waals surface area contributed by atoms with Gasteiger partial charge in [0.2, 0.25) is 11.8 Å². The molecule has 0 fully saturated rings. The molecular formula is C14H20N2O2. The van der Waals surface area contributed by atoms with Gasteiger partial charge < -0.3 is 10.6 Å². The third kappa shape index (κ3) is 4.99. The van der Waals surface area contributed by atoms with E-state index >= 15 is 0 Å². The van der Waals surface area contributed by atoms with Gasteiger partial charge in [-0.2, -0.15) is 0 Å². The number of hydrogen-bond donors (Lipinski definition) is 2. The van der Waals surface area contributed by atoms with Crippen molar-refractivity contribution in [1.82, 2.24) is 10.6 Å². The van der Waals surface area contributed by atoms with Crippen molar-refractivity contribution in [2.75, 3.05) is 13.1 Å². The van der Waals surface area contributed by atoms with E-state index < -0.39 is 0 Å². The fraction of sp³-hybridized carbons (Fsp3) is 0.429. The first-order valence-corrected chi connectivity index (χ1v) is 6.21. The molecule has 0 atom stereocenters. The minimum absolute atomic E-state index is 0.0463. The second-order valence-electron chi connectivity index (χ2n) is 4.23. The van der Waals surface area contributed by atoms with Crippen LogP contribution in [0.5, 0.6) is 0 Å². The van der Waals surface area contributed by atoms with Crippen LogP contribution in [0.3, 0.4) is 0 Å². The molecule has 1 aromatic carbocycles. The van der Waals surface area contributed by atoms with Gasteiger partial charge in [-0.1, -0.05) is 31.2 Å². The second-order valence-corrected chi connectivity index (χ2v) is 4.23. The monoisotopic (exact) mass is 248 g/mol. The van der Waals surface area contributed by atoms with Crippen molar-refractivity contribution in [3.8, 4) is 0 Å². The summed E-state index contributed by atoms with van der Waals surface area (Å²) in [6, 6.07) is 7.74. The Hall–Kier alpha value is -1.84. The molecule has 4 heteroatoms. The maximum absolute atomic E-state index is 11.7. The summed E-state index contributed by atoms with van der Waals surface area (Å²) in [5.74, 6) is -0.272. The van der Waals surface area contributed by atoms with Gasteiger partial charge in [0.05, 0.1) is 13.0 Å². The zero-order valence-corrected chi connectivity index (χ0v) is 11.0. The molecule has 4 nitrogen and oxygen atoms in total. The number of rotatable bonds is 6. The van der Waals surface area contributed by atoms with Crippen LogP contribution in [0, 0.1) is 6.92 Å². The van der Waals surface area contributed by atoms with Gasteiger partial charge >= 0.3 is 0 Å². The number of nitrogens with one attached hydrogen (secondary N) is 2. The Morgan fingerprint density at radius 3 is 2.50 bits per heavy atom. The Kier molecular flexibility index (Phi) is 5.91. The molecule has 0 saturated heterocycles. The van der Waals surface area contributed by atoms with Gasteiger partial charge in [-0.3, -0.25) is 9.59 Å². The Morgan fingerprint density at radius 1 is 1.11 bits per heavy atom. The van der Waals surface area contributed by atoms with Crippen LogP contribution < -0.4 is 10.6 Å². The van der Waals surface area contributed by atoms with Gasteiger partial charge in [-0.05, 0) is 24.5 Å². The highest BCUT2D eigenvalue weighted by Gasteiger charge is 2.07. The number of benzene rings is 1. The zero-order chi connectivity index (χ0) is 13.4. The summed E-state index contributed by atoms with van der Waals surface area (Å²) in [4.78, 5) is 23.0. The Bertz CT molecular complexity index is 416. The van der Waals surface area contributed by atoms with Crippen LogP contribution in [0.2, 0.25) is 0 Å². The van der Waals surface area contributed by atoms with E-state index in [2.05, 4.69) is 10.6 Å². The van der Waals surface area contributed by atoms with E-state index in [0.29, 0.717) is 13.0 Å². The van der Waals surface area contributed by atoms with Crippen molar-refractivity contribution in [2.45, 2.75) is 26.7 Å². The number of aryl methyl sites for hydroxylation is 1. The van der Waals surface area contributed by atoms with Crippen LogP contribution in [0.25, 0.3) is 0 Å². The molecule has 1 aromatic rings. The Balaban J connectivity index is 2.34. The second kappa shape index (κ2) is 7.48. The van der Waals surface area contributed by atoms with Crippen LogP contribution in [0.15, 0.2) is 24.3 Å². The van der Waals surface area contributed by atoms with Crippen molar-refractivity contribution in [2.24, 2.45) is 0 Å². The molecule has 0 aliphatic heterocycles. The molecule has 0 radical (unpaired) electrons. The van der Waals surface area contributed by atoms with E-state index in [9.17, 15) is 9.59 Å². The summed E-state index contributed by atoms with van der Waals surface area (Å²) in [6.07, 6.45) is 1.20. The molecule has 1 rings (SSSR count). The molecule has 98 valence electrons. The predicted octanol–water partition coefficient (Wildman–Crippen LogP) is 1.18. The molecule has 0 saturated carbocycles. The molecule has 0 aliphatic rings. The average Bonchev–Trinajstić information content (AvgIpc) is 2.36. The van der Waals surface area contributed by atoms with Gasteiger partial charge in [0.15, 0.2) is 0 Å². The molecule has 0 unspecified atom stereocenters. The highest BCUT2D eigenvalue weighted by molar-refractivity contribution is 5.85. The van der Waals surface area contributed by atoms with Crippen molar-refractivity contribution in [3.63, 3.8) is 0 Å². The van der Waals surface area contributed by atoms with Crippen LogP contribution in [-0.2, 0) is 16.0 Å². The van der Waals surface area contributed by atoms with E-state index in [-0.39, 0.29) is 18.4 Å². The lowest BCUT2D eigenvalue weighted by molar-refractivity contribution is -0.125. The SMILES string of the molecule is CCCNC(=O)CNC(=O)Cc1ccccc1C. The van der Waals surface area contributed by atoms with Crippen LogP contribution in [-0.4, -0.2) is 24.9 Å². The molecule has 0 bridgehead atoms. The zero-order valence-electron chi connectivity index (χ0n) is 11.0. The minimum atomic E-state index is -0.144. The lowest BCUT2D eigenvalue weighted by atomic mass is 10.1. The average molecular weight is 248 g/mol. The van der Waals surface area contributed by atoms with E-state index in [0.717, 1.165) is 17.5 Å². The van der Waals surface area contributed by atoms with Crippen LogP contribution >= 0.6 is 0 Å². The first kappa shape index (κ1) is 14.2. The highest BCUT2D eigenvalue weighted by Crippen LogP contribution is 2.07. The summed E-state index contributed by atoms with van der Waals surface area (Å²) in [5.41, 5.74) is 2.08. The van der Waals surface area contributed by atoms with E-state index in [1.165, 1.54) is 0 Å². The number of carbonyl (C=O) groups excluding carboxylic acids is 2. The third-order valence-corrected chi connectivity index (χ3v) is 2.63. The van der Waals surface area contributed by atoms with Gasteiger partial charge in [-0.25, -0.2) is 0 Å². The first-order valence-electron chi connectivity index (χ1n) is 6.21. The lowest BCUT2D eigenvalue weighted by Gasteiger charge is -2.07. The maximum Gasteiger partial charge on any atom is 0.239 e. The first-order chi connectivity index (χ1) is 8.63. The quantitative estimate of drug-likeness (QED) is 0.794. The van der Waals surface area contributed by atoms with E-state index in [1.54, 1.807) is 0 Å². The van der Waals surface area contributed by atoms with E-state index in [4.69, 9.17) is 0 Å². The van der Waals surface area contributed by atoms with Gasteiger partial charge in [0.1, 0.15) is 0 Å². The summed E-state index contributed by atoms with van der Waals surface area (Å²) in [5, 5.41) is 5.33. The Morgan fingerprint density at radius 2 is 1.83 bits per heavy atom. The van der Waals surface area contributed by atoms with Crippen LogP contribution in [0.1, 0.15) is 24.5 Å². The van der Waals surface area contributed by atoms with Crippen molar-refractivity contribution in [1.29, 1.82) is 0 Å². The van der Waals surface area contributed by atoms with Gasteiger partial charge in [0, 0.05) is 6.54 Å². The molecular weight excluding hydrogens is 228 g/mol. The predicted molar refractivity (Wildman–Crippen MR) is 71.2 cm³/mol. The fourth-order valence-corrected chi connectivity index (χ4v) is 1.55. The summed E-state index contributed by atoms with van der Waals surface area (Å²) >= 11 is 0. The molecule has 2 N–H and O–H groups in total. The Labute approximate surface area is 108 Å². The van der Waals surface area contributed by atoms with Crippen LogP contribution in [0.4, 0.5) is 0 Å². The molecule has 18 heavy (non-hydrogen) atoms. The largest absolute Gasteiger partial charge is 0.355 e. The third-order valence-electron chi connectivity index (χ3n) is 2.63. The number of carbonyl (C=O) groups is 2. The smallest absolute Gasteiger partial charge is 0.239 e.